The Morgan fingerprint density at radius 1 is 1.61 bits per heavy atom. The van der Waals surface area contributed by atoms with E-state index >= 15 is 0 Å². The van der Waals surface area contributed by atoms with E-state index in [0.29, 0.717) is 6.54 Å². The molecule has 1 unspecified atom stereocenters. The van der Waals surface area contributed by atoms with E-state index in [-0.39, 0.29) is 6.42 Å². The zero-order valence-electron chi connectivity index (χ0n) is 10.1. The van der Waals surface area contributed by atoms with E-state index in [0.717, 1.165) is 16.7 Å². The average molecular weight is 248 g/mol. The summed E-state index contributed by atoms with van der Waals surface area (Å²) in [4.78, 5) is 14.7. The predicted molar refractivity (Wildman–Crippen MR) is 69.4 cm³/mol. The summed E-state index contributed by atoms with van der Waals surface area (Å²) in [6.45, 7) is 0.421. The third-order valence-corrected chi connectivity index (χ3v) is 2.73. The first-order valence-electron chi connectivity index (χ1n) is 5.68. The zero-order valence-corrected chi connectivity index (χ0v) is 10.1. The summed E-state index contributed by atoms with van der Waals surface area (Å²) >= 11 is 0. The number of carbonyl (C=O) groups is 1. The number of hydrogen-bond donors (Lipinski definition) is 3. The van der Waals surface area contributed by atoms with E-state index in [1.165, 1.54) is 0 Å². The highest BCUT2D eigenvalue weighted by Crippen LogP contribution is 2.17. The predicted octanol–water partition coefficient (Wildman–Crippen LogP) is 0.787. The third-order valence-electron chi connectivity index (χ3n) is 2.73. The SMILES string of the molecule is Cn1cnc2cc(NCC(N)CC(=O)O)ccc21. The van der Waals surface area contributed by atoms with Crippen molar-refractivity contribution in [1.29, 1.82) is 0 Å². The fourth-order valence-corrected chi connectivity index (χ4v) is 1.79. The molecule has 1 aromatic carbocycles. The van der Waals surface area contributed by atoms with Crippen LogP contribution < -0.4 is 11.1 Å². The number of anilines is 1. The summed E-state index contributed by atoms with van der Waals surface area (Å²) in [7, 11) is 1.94. The van der Waals surface area contributed by atoms with Gasteiger partial charge >= 0.3 is 5.97 Å². The van der Waals surface area contributed by atoms with Gasteiger partial charge in [0.25, 0.3) is 0 Å². The number of rotatable bonds is 5. The van der Waals surface area contributed by atoms with Gasteiger partial charge in [-0.05, 0) is 18.2 Å². The van der Waals surface area contributed by atoms with Gasteiger partial charge in [0.15, 0.2) is 0 Å². The Hall–Kier alpha value is -2.08. The maximum atomic E-state index is 10.5. The van der Waals surface area contributed by atoms with Crippen molar-refractivity contribution in [2.24, 2.45) is 12.8 Å². The molecule has 0 fully saturated rings. The van der Waals surface area contributed by atoms with E-state index in [2.05, 4.69) is 10.3 Å². The molecule has 0 amide bonds. The number of nitrogens with one attached hydrogen (secondary N) is 1. The number of aromatic nitrogens is 2. The molecular weight excluding hydrogens is 232 g/mol. The van der Waals surface area contributed by atoms with Crippen molar-refractivity contribution in [1.82, 2.24) is 9.55 Å². The van der Waals surface area contributed by atoms with E-state index in [1.54, 1.807) is 6.33 Å². The summed E-state index contributed by atoms with van der Waals surface area (Å²) in [6, 6.07) is 5.41. The molecule has 6 nitrogen and oxygen atoms in total. The number of benzene rings is 1. The molecule has 18 heavy (non-hydrogen) atoms. The van der Waals surface area contributed by atoms with E-state index in [4.69, 9.17) is 10.8 Å². The molecule has 0 aliphatic carbocycles. The highest BCUT2D eigenvalue weighted by Gasteiger charge is 2.08. The highest BCUT2D eigenvalue weighted by atomic mass is 16.4. The van der Waals surface area contributed by atoms with Crippen molar-refractivity contribution < 1.29 is 9.90 Å². The number of nitrogens with two attached hydrogens (primary N) is 1. The fourth-order valence-electron chi connectivity index (χ4n) is 1.79. The second-order valence-electron chi connectivity index (χ2n) is 4.30. The van der Waals surface area contributed by atoms with Crippen LogP contribution in [-0.4, -0.2) is 33.2 Å². The Labute approximate surface area is 104 Å². The molecule has 1 heterocycles. The number of aryl methyl sites for hydroxylation is 1. The van der Waals surface area contributed by atoms with Crippen LogP contribution in [0.3, 0.4) is 0 Å². The van der Waals surface area contributed by atoms with Crippen LogP contribution in [0.5, 0.6) is 0 Å². The number of imidazole rings is 1. The quantitative estimate of drug-likeness (QED) is 0.727. The van der Waals surface area contributed by atoms with Gasteiger partial charge in [-0.2, -0.15) is 0 Å². The second-order valence-corrected chi connectivity index (χ2v) is 4.30. The fraction of sp³-hybridized carbons (Fsp3) is 0.333. The molecule has 96 valence electrons. The summed E-state index contributed by atoms with van der Waals surface area (Å²) in [5.41, 5.74) is 8.52. The number of aliphatic carboxylic acids is 1. The number of hydrogen-bond acceptors (Lipinski definition) is 4. The molecule has 0 aliphatic heterocycles. The Balaban J connectivity index is 2.01. The number of carboxylic acids is 1. The standard InChI is InChI=1S/C12H16N4O2/c1-16-7-15-10-5-9(2-3-11(10)16)14-6-8(13)4-12(17)18/h2-3,5,7-8,14H,4,6,13H2,1H3,(H,17,18). The monoisotopic (exact) mass is 248 g/mol. The maximum absolute atomic E-state index is 10.5. The molecule has 4 N–H and O–H groups in total. The normalized spacial score (nSPS) is 12.6. The molecule has 0 spiro atoms. The maximum Gasteiger partial charge on any atom is 0.304 e. The molecule has 2 aromatic rings. The highest BCUT2D eigenvalue weighted by molar-refractivity contribution is 5.79. The second kappa shape index (κ2) is 5.05. The minimum atomic E-state index is -0.885. The summed E-state index contributed by atoms with van der Waals surface area (Å²) in [5, 5.41) is 11.7. The van der Waals surface area contributed by atoms with Crippen LogP contribution in [0, 0.1) is 0 Å². The zero-order chi connectivity index (χ0) is 13.1. The van der Waals surface area contributed by atoms with Gasteiger partial charge in [-0.25, -0.2) is 4.98 Å². The molecule has 1 atom stereocenters. The molecule has 0 radical (unpaired) electrons. The number of nitrogens with zero attached hydrogens (tertiary/aromatic N) is 2. The van der Waals surface area contributed by atoms with E-state index in [9.17, 15) is 4.79 Å². The number of carboxylic acid groups (broad SMARTS) is 1. The lowest BCUT2D eigenvalue weighted by Crippen LogP contribution is -2.31. The van der Waals surface area contributed by atoms with Gasteiger partial charge in [0.1, 0.15) is 0 Å². The van der Waals surface area contributed by atoms with Crippen LogP contribution in [0.1, 0.15) is 6.42 Å². The average Bonchev–Trinajstić information content (AvgIpc) is 2.67. The van der Waals surface area contributed by atoms with Crippen LogP contribution >= 0.6 is 0 Å². The van der Waals surface area contributed by atoms with Crippen LogP contribution in [0.2, 0.25) is 0 Å². The van der Waals surface area contributed by atoms with Gasteiger partial charge in [-0.3, -0.25) is 4.79 Å². The van der Waals surface area contributed by atoms with Crippen molar-refractivity contribution in [3.8, 4) is 0 Å². The van der Waals surface area contributed by atoms with Gasteiger partial charge in [0.05, 0.1) is 23.8 Å². The molecule has 0 bridgehead atoms. The van der Waals surface area contributed by atoms with Crippen LogP contribution in [0.25, 0.3) is 11.0 Å². The van der Waals surface area contributed by atoms with Gasteiger partial charge < -0.3 is 20.7 Å². The van der Waals surface area contributed by atoms with E-state index in [1.807, 2.05) is 29.8 Å². The minimum Gasteiger partial charge on any atom is -0.481 e. The van der Waals surface area contributed by atoms with Gasteiger partial charge in [0, 0.05) is 25.3 Å². The molecule has 0 saturated carbocycles. The Bertz CT molecular complexity index is 564. The Kier molecular flexibility index (Phi) is 3.47. The Morgan fingerprint density at radius 3 is 3.11 bits per heavy atom. The van der Waals surface area contributed by atoms with Crippen LogP contribution in [-0.2, 0) is 11.8 Å². The largest absolute Gasteiger partial charge is 0.481 e. The van der Waals surface area contributed by atoms with Gasteiger partial charge in [-0.15, -0.1) is 0 Å². The van der Waals surface area contributed by atoms with Crippen molar-refractivity contribution in [2.75, 3.05) is 11.9 Å². The smallest absolute Gasteiger partial charge is 0.304 e. The van der Waals surface area contributed by atoms with Crippen molar-refractivity contribution in [3.05, 3.63) is 24.5 Å². The van der Waals surface area contributed by atoms with Crippen molar-refractivity contribution in [3.63, 3.8) is 0 Å². The topological polar surface area (TPSA) is 93.2 Å². The summed E-state index contributed by atoms with van der Waals surface area (Å²) in [6.07, 6.45) is 1.71. The first-order chi connectivity index (χ1) is 8.56. The van der Waals surface area contributed by atoms with E-state index < -0.39 is 12.0 Å². The lowest BCUT2D eigenvalue weighted by atomic mass is 10.2. The third kappa shape index (κ3) is 2.78. The summed E-state index contributed by atoms with van der Waals surface area (Å²) < 4.78 is 1.94. The molecule has 0 aliphatic rings. The van der Waals surface area contributed by atoms with Crippen molar-refractivity contribution >= 4 is 22.7 Å². The van der Waals surface area contributed by atoms with Crippen molar-refractivity contribution in [2.45, 2.75) is 12.5 Å². The number of fused-ring (bicyclic) bond motifs is 1. The molecule has 1 aromatic heterocycles. The first-order valence-corrected chi connectivity index (χ1v) is 5.68. The molecule has 6 heteroatoms. The van der Waals surface area contributed by atoms with Crippen LogP contribution in [0.15, 0.2) is 24.5 Å². The first kappa shape index (κ1) is 12.4. The molecule has 0 saturated heterocycles. The lowest BCUT2D eigenvalue weighted by Gasteiger charge is -2.11. The minimum absolute atomic E-state index is 0.0428. The van der Waals surface area contributed by atoms with Gasteiger partial charge in [-0.1, -0.05) is 0 Å². The lowest BCUT2D eigenvalue weighted by molar-refractivity contribution is -0.137. The Morgan fingerprint density at radius 2 is 2.39 bits per heavy atom. The molecule has 2 rings (SSSR count). The van der Waals surface area contributed by atoms with Gasteiger partial charge in [0.2, 0.25) is 0 Å². The molecular formula is C12H16N4O2. The van der Waals surface area contributed by atoms with Crippen LogP contribution in [0.4, 0.5) is 5.69 Å². The summed E-state index contributed by atoms with van der Waals surface area (Å²) in [5.74, 6) is -0.885.